The average molecular weight is 278 g/mol. The zero-order valence-corrected chi connectivity index (χ0v) is 11.6. The smallest absolute Gasteiger partial charge is 0.133 e. The number of aliphatic hydroxyl groups excluding tert-OH is 1. The quantitative estimate of drug-likeness (QED) is 0.740. The zero-order chi connectivity index (χ0) is 14.5. The van der Waals surface area contributed by atoms with Crippen LogP contribution in [-0.2, 0) is 4.79 Å². The lowest BCUT2D eigenvalue weighted by atomic mass is 9.79. The topological polar surface area (TPSA) is 77.8 Å². The molecular formula is C16H22O4. The van der Waals surface area contributed by atoms with Crippen molar-refractivity contribution in [1.29, 1.82) is 0 Å². The Labute approximate surface area is 119 Å². The minimum atomic E-state index is -0.0165. The molecule has 1 aliphatic carbocycles. The van der Waals surface area contributed by atoms with Gasteiger partial charge < -0.3 is 15.3 Å². The summed E-state index contributed by atoms with van der Waals surface area (Å²) < 4.78 is 0. The second kappa shape index (κ2) is 6.75. The van der Waals surface area contributed by atoms with Gasteiger partial charge in [-0.15, -0.1) is 0 Å². The van der Waals surface area contributed by atoms with E-state index in [1.165, 1.54) is 6.07 Å². The third-order valence-electron chi connectivity index (χ3n) is 4.19. The van der Waals surface area contributed by atoms with Crippen molar-refractivity contribution >= 4 is 5.78 Å². The molecular weight excluding hydrogens is 256 g/mol. The molecule has 0 aromatic heterocycles. The summed E-state index contributed by atoms with van der Waals surface area (Å²) in [7, 11) is 0. The van der Waals surface area contributed by atoms with E-state index in [0.29, 0.717) is 25.2 Å². The van der Waals surface area contributed by atoms with Gasteiger partial charge in [-0.2, -0.15) is 0 Å². The lowest BCUT2D eigenvalue weighted by Gasteiger charge is -2.25. The number of benzene rings is 1. The molecule has 2 unspecified atom stereocenters. The minimum absolute atomic E-state index is 0.0165. The van der Waals surface area contributed by atoms with E-state index in [4.69, 9.17) is 5.11 Å². The molecule has 4 heteroatoms. The molecule has 0 bridgehead atoms. The lowest BCUT2D eigenvalue weighted by Crippen LogP contribution is -2.14. The van der Waals surface area contributed by atoms with Crippen LogP contribution in [0.2, 0.25) is 0 Å². The van der Waals surface area contributed by atoms with E-state index in [2.05, 4.69) is 0 Å². The molecule has 1 saturated carbocycles. The molecule has 0 spiro atoms. The minimum Gasteiger partial charge on any atom is -0.508 e. The van der Waals surface area contributed by atoms with Crippen LogP contribution in [0, 0.1) is 5.92 Å². The molecule has 1 aromatic carbocycles. The van der Waals surface area contributed by atoms with Gasteiger partial charge in [-0.1, -0.05) is 6.07 Å². The SMILES string of the molecule is O=C1CCCC(CCCO)C(c2ccc(O)cc2O)C1. The van der Waals surface area contributed by atoms with E-state index in [-0.39, 0.29) is 29.8 Å². The largest absolute Gasteiger partial charge is 0.508 e. The first kappa shape index (κ1) is 14.9. The van der Waals surface area contributed by atoms with Gasteiger partial charge in [0.2, 0.25) is 0 Å². The lowest BCUT2D eigenvalue weighted by molar-refractivity contribution is -0.119. The van der Waals surface area contributed by atoms with Gasteiger partial charge in [-0.05, 0) is 49.1 Å². The monoisotopic (exact) mass is 278 g/mol. The van der Waals surface area contributed by atoms with Crippen molar-refractivity contribution in [2.24, 2.45) is 5.92 Å². The molecule has 0 radical (unpaired) electrons. The maximum Gasteiger partial charge on any atom is 0.133 e. The Bertz CT molecular complexity index is 470. The van der Waals surface area contributed by atoms with E-state index in [9.17, 15) is 15.0 Å². The molecule has 1 aromatic rings. The first-order valence-corrected chi connectivity index (χ1v) is 7.26. The number of aliphatic hydroxyl groups is 1. The van der Waals surface area contributed by atoms with Crippen molar-refractivity contribution in [1.82, 2.24) is 0 Å². The molecule has 1 fully saturated rings. The van der Waals surface area contributed by atoms with Gasteiger partial charge in [-0.25, -0.2) is 0 Å². The van der Waals surface area contributed by atoms with Crippen molar-refractivity contribution in [3.05, 3.63) is 23.8 Å². The van der Waals surface area contributed by atoms with Crippen LogP contribution in [0.15, 0.2) is 18.2 Å². The van der Waals surface area contributed by atoms with E-state index < -0.39 is 0 Å². The Kier molecular flexibility index (Phi) is 5.01. The molecule has 0 amide bonds. The Balaban J connectivity index is 2.27. The van der Waals surface area contributed by atoms with Crippen LogP contribution in [0.1, 0.15) is 50.0 Å². The molecule has 2 rings (SSSR count). The van der Waals surface area contributed by atoms with Crippen molar-refractivity contribution in [3.63, 3.8) is 0 Å². The third-order valence-corrected chi connectivity index (χ3v) is 4.19. The van der Waals surface area contributed by atoms with Crippen LogP contribution >= 0.6 is 0 Å². The highest BCUT2D eigenvalue weighted by Gasteiger charge is 2.29. The van der Waals surface area contributed by atoms with Gasteiger partial charge in [0.1, 0.15) is 17.3 Å². The summed E-state index contributed by atoms with van der Waals surface area (Å²) in [5, 5.41) is 28.5. The highest BCUT2D eigenvalue weighted by atomic mass is 16.3. The molecule has 3 N–H and O–H groups in total. The number of phenols is 2. The van der Waals surface area contributed by atoms with E-state index in [1.54, 1.807) is 12.1 Å². The number of hydrogen-bond acceptors (Lipinski definition) is 4. The maximum atomic E-state index is 11.9. The Hall–Kier alpha value is -1.55. The summed E-state index contributed by atoms with van der Waals surface area (Å²) in [6.07, 6.45) is 4.43. The highest BCUT2D eigenvalue weighted by Crippen LogP contribution is 2.41. The first-order valence-electron chi connectivity index (χ1n) is 7.26. The van der Waals surface area contributed by atoms with Crippen molar-refractivity contribution in [3.8, 4) is 11.5 Å². The van der Waals surface area contributed by atoms with Gasteiger partial charge in [-0.3, -0.25) is 4.79 Å². The fourth-order valence-corrected chi connectivity index (χ4v) is 3.19. The van der Waals surface area contributed by atoms with E-state index in [0.717, 1.165) is 24.8 Å². The van der Waals surface area contributed by atoms with Crippen LogP contribution < -0.4 is 0 Å². The maximum absolute atomic E-state index is 11.9. The molecule has 0 aliphatic heterocycles. The van der Waals surface area contributed by atoms with Crippen molar-refractivity contribution in [2.45, 2.75) is 44.4 Å². The summed E-state index contributed by atoms with van der Waals surface area (Å²) in [6, 6.07) is 4.58. The first-order chi connectivity index (χ1) is 9.61. The average Bonchev–Trinajstić information content (AvgIpc) is 2.58. The fourth-order valence-electron chi connectivity index (χ4n) is 3.19. The zero-order valence-electron chi connectivity index (χ0n) is 11.6. The fraction of sp³-hybridized carbons (Fsp3) is 0.562. The van der Waals surface area contributed by atoms with Gasteiger partial charge in [0, 0.05) is 25.5 Å². The second-order valence-electron chi connectivity index (χ2n) is 5.61. The van der Waals surface area contributed by atoms with Gasteiger partial charge >= 0.3 is 0 Å². The standard InChI is InChI=1S/C16H22O4/c17-8-2-4-11-3-1-5-12(18)9-15(11)14-7-6-13(19)10-16(14)20/h6-7,10-11,15,17,19-20H,1-5,8-9H2. The van der Waals surface area contributed by atoms with E-state index >= 15 is 0 Å². The van der Waals surface area contributed by atoms with Crippen LogP contribution in [0.25, 0.3) is 0 Å². The predicted molar refractivity (Wildman–Crippen MR) is 75.8 cm³/mol. The molecule has 110 valence electrons. The molecule has 1 aliphatic rings. The summed E-state index contributed by atoms with van der Waals surface area (Å²) >= 11 is 0. The van der Waals surface area contributed by atoms with Crippen LogP contribution in [0.3, 0.4) is 0 Å². The van der Waals surface area contributed by atoms with Gasteiger partial charge in [0.25, 0.3) is 0 Å². The molecule has 0 heterocycles. The molecule has 0 saturated heterocycles. The van der Waals surface area contributed by atoms with Crippen LogP contribution in [-0.4, -0.2) is 27.7 Å². The summed E-state index contributed by atoms with van der Waals surface area (Å²) in [4.78, 5) is 11.9. The number of phenolic OH excluding ortho intramolecular Hbond substituents is 2. The number of rotatable bonds is 4. The summed E-state index contributed by atoms with van der Waals surface area (Å²) in [5.41, 5.74) is 0.737. The van der Waals surface area contributed by atoms with Gasteiger partial charge in [0.05, 0.1) is 0 Å². The highest BCUT2D eigenvalue weighted by molar-refractivity contribution is 5.79. The number of carbonyl (C=O) groups excluding carboxylic acids is 1. The predicted octanol–water partition coefficient (Wildman–Crippen LogP) is 2.71. The van der Waals surface area contributed by atoms with E-state index in [1.807, 2.05) is 0 Å². The number of aromatic hydroxyl groups is 2. The van der Waals surface area contributed by atoms with Crippen molar-refractivity contribution < 1.29 is 20.1 Å². The Morgan fingerprint density at radius 1 is 1.25 bits per heavy atom. The molecule has 4 nitrogen and oxygen atoms in total. The van der Waals surface area contributed by atoms with Crippen LogP contribution in [0.4, 0.5) is 0 Å². The Morgan fingerprint density at radius 2 is 2.05 bits per heavy atom. The third kappa shape index (κ3) is 3.51. The number of hydrogen-bond donors (Lipinski definition) is 3. The Morgan fingerprint density at radius 3 is 2.75 bits per heavy atom. The van der Waals surface area contributed by atoms with Gasteiger partial charge in [0.15, 0.2) is 0 Å². The van der Waals surface area contributed by atoms with Crippen LogP contribution in [0.5, 0.6) is 11.5 Å². The summed E-state index contributed by atoms with van der Waals surface area (Å²) in [6.45, 7) is 0.152. The number of ketones is 1. The number of Topliss-reactive ketones (excluding diaryl/α,β-unsaturated/α-hetero) is 1. The molecule has 2 atom stereocenters. The summed E-state index contributed by atoms with van der Waals surface area (Å²) in [5.74, 6) is 0.590. The number of carbonyl (C=O) groups is 1. The van der Waals surface area contributed by atoms with Crippen molar-refractivity contribution in [2.75, 3.05) is 6.61 Å². The second-order valence-corrected chi connectivity index (χ2v) is 5.61. The normalized spacial score (nSPS) is 23.6. The molecule has 20 heavy (non-hydrogen) atoms.